The number of rotatable bonds is 2. The van der Waals surface area contributed by atoms with E-state index >= 15 is 0 Å². The van der Waals surface area contributed by atoms with Gasteiger partial charge < -0.3 is 20.9 Å². The standard InChI is InChI=1S/C20H36N2O4/c1-15-12-10-8-6-4-2-3-5-7-9-11-13-20(14-15)25-16(18(21)23)17(26-20)19(22)24/h15-17H,2-14H2,1H3,(H2,21,23)(H2,22,24)/t15-,16-,17-/m0/s1. The Morgan fingerprint density at radius 1 is 0.769 bits per heavy atom. The molecule has 3 atom stereocenters. The molecule has 0 bridgehead atoms. The molecular formula is C20H36N2O4. The third-order valence-electron chi connectivity index (χ3n) is 5.68. The van der Waals surface area contributed by atoms with Crippen LogP contribution < -0.4 is 11.5 Å². The summed E-state index contributed by atoms with van der Waals surface area (Å²) in [6.07, 6.45) is 12.5. The van der Waals surface area contributed by atoms with Crippen LogP contribution in [0.15, 0.2) is 0 Å². The van der Waals surface area contributed by atoms with Crippen LogP contribution in [0.5, 0.6) is 0 Å². The van der Waals surface area contributed by atoms with E-state index < -0.39 is 29.8 Å². The van der Waals surface area contributed by atoms with Crippen LogP contribution in [0.1, 0.15) is 90.4 Å². The molecule has 0 unspecified atom stereocenters. The largest absolute Gasteiger partial charge is 0.367 e. The van der Waals surface area contributed by atoms with Crippen molar-refractivity contribution in [2.75, 3.05) is 0 Å². The van der Waals surface area contributed by atoms with Gasteiger partial charge in [-0.05, 0) is 12.3 Å². The second-order valence-electron chi connectivity index (χ2n) is 8.18. The third kappa shape index (κ3) is 6.23. The lowest BCUT2D eigenvalue weighted by Gasteiger charge is -2.31. The minimum absolute atomic E-state index is 0.389. The van der Waals surface area contributed by atoms with Gasteiger partial charge in [-0.2, -0.15) is 0 Å². The Kier molecular flexibility index (Phi) is 8.35. The first-order valence-corrected chi connectivity index (χ1v) is 10.4. The molecule has 26 heavy (non-hydrogen) atoms. The Bertz CT molecular complexity index is 447. The minimum Gasteiger partial charge on any atom is -0.367 e. The van der Waals surface area contributed by atoms with Crippen molar-refractivity contribution in [1.82, 2.24) is 0 Å². The smallest absolute Gasteiger partial charge is 0.249 e. The van der Waals surface area contributed by atoms with Crippen molar-refractivity contribution in [1.29, 1.82) is 0 Å². The summed E-state index contributed by atoms with van der Waals surface area (Å²) in [6, 6.07) is 0. The molecule has 4 N–H and O–H groups in total. The maximum atomic E-state index is 11.7. The molecule has 0 aromatic carbocycles. The monoisotopic (exact) mass is 368 g/mol. The summed E-state index contributed by atoms with van der Waals surface area (Å²) in [4.78, 5) is 23.5. The number of carbonyl (C=O) groups is 2. The first-order chi connectivity index (χ1) is 12.4. The van der Waals surface area contributed by atoms with Crippen LogP contribution in [0, 0.1) is 5.92 Å². The fourth-order valence-electron chi connectivity index (χ4n) is 4.28. The molecule has 0 aromatic rings. The molecule has 2 rings (SSSR count). The fourth-order valence-corrected chi connectivity index (χ4v) is 4.28. The van der Waals surface area contributed by atoms with Crippen molar-refractivity contribution < 1.29 is 19.1 Å². The maximum absolute atomic E-state index is 11.7. The molecule has 1 saturated heterocycles. The highest BCUT2D eigenvalue weighted by atomic mass is 16.8. The Balaban J connectivity index is 2.07. The number of amides is 2. The van der Waals surface area contributed by atoms with Gasteiger partial charge in [-0.3, -0.25) is 9.59 Å². The summed E-state index contributed by atoms with van der Waals surface area (Å²) in [5, 5.41) is 0. The molecular weight excluding hydrogens is 332 g/mol. The van der Waals surface area contributed by atoms with Crippen molar-refractivity contribution in [3.63, 3.8) is 0 Å². The van der Waals surface area contributed by atoms with Crippen molar-refractivity contribution >= 4 is 11.8 Å². The predicted molar refractivity (Wildman–Crippen MR) is 100 cm³/mol. The maximum Gasteiger partial charge on any atom is 0.249 e. The van der Waals surface area contributed by atoms with Gasteiger partial charge in [-0.15, -0.1) is 0 Å². The zero-order chi connectivity index (χ0) is 19.0. The van der Waals surface area contributed by atoms with E-state index in [9.17, 15) is 9.59 Å². The number of hydrogen-bond donors (Lipinski definition) is 2. The first kappa shape index (κ1) is 21.2. The third-order valence-corrected chi connectivity index (χ3v) is 5.68. The highest BCUT2D eigenvalue weighted by Gasteiger charge is 2.52. The normalized spacial score (nSPS) is 31.8. The molecule has 6 nitrogen and oxygen atoms in total. The Hall–Kier alpha value is -1.14. The second kappa shape index (κ2) is 10.3. The van der Waals surface area contributed by atoms with Crippen LogP contribution in [-0.2, 0) is 19.1 Å². The summed E-state index contributed by atoms with van der Waals surface area (Å²) >= 11 is 0. The van der Waals surface area contributed by atoms with Gasteiger partial charge in [-0.1, -0.05) is 71.1 Å². The molecule has 2 fully saturated rings. The minimum atomic E-state index is -1.08. The number of nitrogens with two attached hydrogens (primary N) is 2. The molecule has 150 valence electrons. The van der Waals surface area contributed by atoms with Gasteiger partial charge in [0.1, 0.15) is 0 Å². The van der Waals surface area contributed by atoms with Crippen LogP contribution in [0.3, 0.4) is 0 Å². The lowest BCUT2D eigenvalue weighted by molar-refractivity contribution is -0.194. The highest BCUT2D eigenvalue weighted by molar-refractivity contribution is 5.90. The van der Waals surface area contributed by atoms with E-state index in [1.165, 1.54) is 51.4 Å². The average Bonchev–Trinajstić information content (AvgIpc) is 2.95. The Labute approximate surface area is 157 Å². The van der Waals surface area contributed by atoms with Gasteiger partial charge in [0.15, 0.2) is 18.0 Å². The summed E-state index contributed by atoms with van der Waals surface area (Å²) in [7, 11) is 0. The summed E-state index contributed by atoms with van der Waals surface area (Å²) in [6.45, 7) is 2.18. The van der Waals surface area contributed by atoms with Gasteiger partial charge in [0.25, 0.3) is 0 Å². The second-order valence-corrected chi connectivity index (χ2v) is 8.18. The van der Waals surface area contributed by atoms with Crippen LogP contribution in [-0.4, -0.2) is 29.8 Å². The molecule has 2 aliphatic rings. The molecule has 0 radical (unpaired) electrons. The SMILES string of the molecule is C[C@H]1CCCCCCCCCCCCC2(C1)O[C@H](C(N)=O)[C@@H](C(N)=O)O2. The van der Waals surface area contributed by atoms with E-state index in [1.54, 1.807) is 0 Å². The van der Waals surface area contributed by atoms with Crippen LogP contribution in [0.4, 0.5) is 0 Å². The average molecular weight is 369 g/mol. The van der Waals surface area contributed by atoms with E-state index in [1.807, 2.05) is 0 Å². The van der Waals surface area contributed by atoms with E-state index in [4.69, 9.17) is 20.9 Å². The molecule has 1 aliphatic heterocycles. The molecule has 1 spiro atoms. The fraction of sp³-hybridized carbons (Fsp3) is 0.900. The quantitative estimate of drug-likeness (QED) is 0.781. The predicted octanol–water partition coefficient (Wildman–Crippen LogP) is 3.16. The Morgan fingerprint density at radius 3 is 1.65 bits per heavy atom. The zero-order valence-corrected chi connectivity index (χ0v) is 16.2. The zero-order valence-electron chi connectivity index (χ0n) is 16.2. The topological polar surface area (TPSA) is 105 Å². The van der Waals surface area contributed by atoms with E-state index in [0.29, 0.717) is 18.8 Å². The number of hydrogen-bond acceptors (Lipinski definition) is 4. The van der Waals surface area contributed by atoms with E-state index in [2.05, 4.69) is 6.92 Å². The number of primary amides is 2. The summed E-state index contributed by atoms with van der Waals surface area (Å²) in [5.74, 6) is -1.90. The summed E-state index contributed by atoms with van der Waals surface area (Å²) < 4.78 is 12.0. The van der Waals surface area contributed by atoms with E-state index in [0.717, 1.165) is 19.3 Å². The van der Waals surface area contributed by atoms with Gasteiger partial charge in [0.2, 0.25) is 11.8 Å². The first-order valence-electron chi connectivity index (χ1n) is 10.4. The highest BCUT2D eigenvalue weighted by Crippen LogP contribution is 2.39. The molecule has 1 aliphatic carbocycles. The molecule has 1 saturated carbocycles. The van der Waals surface area contributed by atoms with Crippen molar-refractivity contribution in [2.24, 2.45) is 17.4 Å². The van der Waals surface area contributed by atoms with Crippen LogP contribution in [0.25, 0.3) is 0 Å². The molecule has 6 heteroatoms. The van der Waals surface area contributed by atoms with Crippen molar-refractivity contribution in [2.45, 2.75) is 108 Å². The van der Waals surface area contributed by atoms with E-state index in [-0.39, 0.29) is 0 Å². The van der Waals surface area contributed by atoms with Crippen molar-refractivity contribution in [3.8, 4) is 0 Å². The van der Waals surface area contributed by atoms with Gasteiger partial charge in [0.05, 0.1) is 0 Å². The summed E-state index contributed by atoms with van der Waals surface area (Å²) in [5.41, 5.74) is 10.9. The number of carbonyl (C=O) groups excluding carboxylic acids is 2. The molecule has 0 aromatic heterocycles. The van der Waals surface area contributed by atoms with Gasteiger partial charge in [-0.25, -0.2) is 0 Å². The van der Waals surface area contributed by atoms with Gasteiger partial charge >= 0.3 is 0 Å². The number of ether oxygens (including phenoxy) is 2. The van der Waals surface area contributed by atoms with Gasteiger partial charge in [0, 0.05) is 12.8 Å². The van der Waals surface area contributed by atoms with Crippen LogP contribution in [0.2, 0.25) is 0 Å². The molecule has 1 heterocycles. The van der Waals surface area contributed by atoms with Crippen LogP contribution >= 0.6 is 0 Å². The Morgan fingerprint density at radius 2 is 1.19 bits per heavy atom. The van der Waals surface area contributed by atoms with Crippen molar-refractivity contribution in [3.05, 3.63) is 0 Å². The molecule has 2 amide bonds. The lowest BCUT2D eigenvalue weighted by Crippen LogP contribution is -2.44. The lowest BCUT2D eigenvalue weighted by atomic mass is 9.92.